The summed E-state index contributed by atoms with van der Waals surface area (Å²) in [4.78, 5) is 0. The molecule has 0 aliphatic heterocycles. The van der Waals surface area contributed by atoms with Crippen LogP contribution in [0.15, 0.2) is 24.3 Å². The van der Waals surface area contributed by atoms with Gasteiger partial charge in [0.25, 0.3) is 0 Å². The predicted molar refractivity (Wildman–Crippen MR) is 49.4 cm³/mol. The number of allylic oxidation sites excluding steroid dienone is 1. The monoisotopic (exact) mass is 164 g/mol. The normalized spacial score (nSPS) is 10.5. The highest BCUT2D eigenvalue weighted by molar-refractivity contribution is 5.54. The van der Waals surface area contributed by atoms with Crippen molar-refractivity contribution in [2.75, 3.05) is 7.11 Å². The van der Waals surface area contributed by atoms with Gasteiger partial charge in [-0.2, -0.15) is 0 Å². The first-order valence-electron chi connectivity index (χ1n) is 3.77. The molecule has 0 saturated heterocycles. The van der Waals surface area contributed by atoms with Gasteiger partial charge in [0.2, 0.25) is 0 Å². The fraction of sp³-hybridized carbons (Fsp3) is 0.200. The lowest BCUT2D eigenvalue weighted by molar-refractivity contribution is 0.407. The number of methoxy groups -OCH3 is 1. The van der Waals surface area contributed by atoms with E-state index in [4.69, 9.17) is 4.74 Å². The van der Waals surface area contributed by atoms with E-state index in [1.54, 1.807) is 19.2 Å². The molecule has 0 spiro atoms. The second kappa shape index (κ2) is 3.81. The minimum absolute atomic E-state index is 0.224. The number of ether oxygens (including phenoxy) is 1. The van der Waals surface area contributed by atoms with Gasteiger partial charge >= 0.3 is 0 Å². The van der Waals surface area contributed by atoms with E-state index in [0.29, 0.717) is 5.75 Å². The van der Waals surface area contributed by atoms with Crippen molar-refractivity contribution in [3.63, 3.8) is 0 Å². The average Bonchev–Trinajstić information content (AvgIpc) is 2.04. The molecule has 1 N–H and O–H groups in total. The molecule has 0 aliphatic carbocycles. The standard InChI is InChI=1S/C10H12O2/c1-3-4-8-5-9(11)7-10(6-8)12-2/h3-7,11H,1-2H3/b4-3+. The van der Waals surface area contributed by atoms with E-state index >= 15 is 0 Å². The van der Waals surface area contributed by atoms with Gasteiger partial charge in [-0.15, -0.1) is 0 Å². The van der Waals surface area contributed by atoms with Crippen LogP contribution in [0, 0.1) is 0 Å². The summed E-state index contributed by atoms with van der Waals surface area (Å²) in [6.07, 6.45) is 3.82. The molecule has 0 unspecified atom stereocenters. The van der Waals surface area contributed by atoms with Gasteiger partial charge in [-0.25, -0.2) is 0 Å². The lowest BCUT2D eigenvalue weighted by Crippen LogP contribution is -1.82. The van der Waals surface area contributed by atoms with E-state index in [-0.39, 0.29) is 5.75 Å². The maximum atomic E-state index is 9.24. The number of hydrogen-bond donors (Lipinski definition) is 1. The van der Waals surface area contributed by atoms with Crippen molar-refractivity contribution in [1.82, 2.24) is 0 Å². The van der Waals surface area contributed by atoms with Crippen molar-refractivity contribution in [3.05, 3.63) is 29.8 Å². The lowest BCUT2D eigenvalue weighted by Gasteiger charge is -2.01. The number of rotatable bonds is 2. The van der Waals surface area contributed by atoms with E-state index in [9.17, 15) is 5.11 Å². The molecule has 0 aromatic heterocycles. The molecule has 0 aliphatic rings. The van der Waals surface area contributed by atoms with Crippen LogP contribution in [-0.2, 0) is 0 Å². The Hall–Kier alpha value is -1.44. The molecule has 1 aromatic carbocycles. The number of benzene rings is 1. The molecule has 0 fully saturated rings. The molecule has 1 rings (SSSR count). The topological polar surface area (TPSA) is 29.5 Å². The second-order valence-electron chi connectivity index (χ2n) is 2.46. The summed E-state index contributed by atoms with van der Waals surface area (Å²) >= 11 is 0. The molecule has 0 amide bonds. The maximum absolute atomic E-state index is 9.24. The van der Waals surface area contributed by atoms with Crippen molar-refractivity contribution in [2.24, 2.45) is 0 Å². The molecule has 0 radical (unpaired) electrons. The largest absolute Gasteiger partial charge is 0.508 e. The average molecular weight is 164 g/mol. The Morgan fingerprint density at radius 1 is 1.33 bits per heavy atom. The summed E-state index contributed by atoms with van der Waals surface area (Å²) in [5.74, 6) is 0.894. The van der Waals surface area contributed by atoms with Crippen LogP contribution in [0.2, 0.25) is 0 Å². The van der Waals surface area contributed by atoms with Crippen molar-refractivity contribution in [2.45, 2.75) is 6.92 Å². The summed E-state index contributed by atoms with van der Waals surface area (Å²) < 4.78 is 4.99. The molecule has 0 saturated carbocycles. The lowest BCUT2D eigenvalue weighted by atomic mass is 10.2. The van der Waals surface area contributed by atoms with E-state index in [0.717, 1.165) is 5.56 Å². The summed E-state index contributed by atoms with van der Waals surface area (Å²) in [5, 5.41) is 9.24. The third kappa shape index (κ3) is 2.02. The zero-order valence-corrected chi connectivity index (χ0v) is 7.24. The molecule has 0 atom stereocenters. The Labute approximate surface area is 72.1 Å². The van der Waals surface area contributed by atoms with Gasteiger partial charge in [0.1, 0.15) is 11.5 Å². The van der Waals surface area contributed by atoms with E-state index < -0.39 is 0 Å². The number of phenolic OH excluding ortho intramolecular Hbond substituents is 1. The first kappa shape index (κ1) is 8.65. The summed E-state index contributed by atoms with van der Waals surface area (Å²) in [6, 6.07) is 5.12. The number of hydrogen-bond acceptors (Lipinski definition) is 2. The first-order chi connectivity index (χ1) is 5.76. The smallest absolute Gasteiger partial charge is 0.123 e. The van der Waals surface area contributed by atoms with Gasteiger partial charge < -0.3 is 9.84 Å². The Kier molecular flexibility index (Phi) is 2.75. The minimum atomic E-state index is 0.224. The molecule has 0 bridgehead atoms. The molecule has 12 heavy (non-hydrogen) atoms. The second-order valence-corrected chi connectivity index (χ2v) is 2.46. The Balaban J connectivity index is 3.06. The van der Waals surface area contributed by atoms with Gasteiger partial charge in [0.15, 0.2) is 0 Å². The maximum Gasteiger partial charge on any atom is 0.123 e. The van der Waals surface area contributed by atoms with Gasteiger partial charge in [-0.05, 0) is 24.6 Å². The molecular weight excluding hydrogens is 152 g/mol. The SMILES string of the molecule is C/C=C/c1cc(O)cc(OC)c1. The third-order valence-electron chi connectivity index (χ3n) is 1.51. The van der Waals surface area contributed by atoms with Crippen LogP contribution < -0.4 is 4.74 Å². The quantitative estimate of drug-likeness (QED) is 0.727. The zero-order chi connectivity index (χ0) is 8.97. The van der Waals surface area contributed by atoms with E-state index in [1.807, 2.05) is 25.1 Å². The Bertz CT molecular complexity index is 290. The highest BCUT2D eigenvalue weighted by atomic mass is 16.5. The van der Waals surface area contributed by atoms with Gasteiger partial charge in [-0.3, -0.25) is 0 Å². The van der Waals surface area contributed by atoms with E-state index in [1.165, 1.54) is 0 Å². The highest BCUT2D eigenvalue weighted by Crippen LogP contribution is 2.21. The molecular formula is C10H12O2. The van der Waals surface area contributed by atoms with E-state index in [2.05, 4.69) is 0 Å². The van der Waals surface area contributed by atoms with Crippen molar-refractivity contribution < 1.29 is 9.84 Å². The Morgan fingerprint density at radius 2 is 2.08 bits per heavy atom. The predicted octanol–water partition coefficient (Wildman–Crippen LogP) is 2.43. The van der Waals surface area contributed by atoms with Crippen molar-refractivity contribution in [3.8, 4) is 11.5 Å². The van der Waals surface area contributed by atoms with Crippen molar-refractivity contribution in [1.29, 1.82) is 0 Å². The summed E-state index contributed by atoms with van der Waals surface area (Å²) in [5.41, 5.74) is 0.939. The number of aromatic hydroxyl groups is 1. The van der Waals surface area contributed by atoms with Crippen LogP contribution >= 0.6 is 0 Å². The molecule has 1 aromatic rings. The molecule has 2 heteroatoms. The Morgan fingerprint density at radius 3 is 2.67 bits per heavy atom. The van der Waals surface area contributed by atoms with Crippen LogP contribution in [0.25, 0.3) is 6.08 Å². The molecule has 2 nitrogen and oxygen atoms in total. The van der Waals surface area contributed by atoms with Gasteiger partial charge in [-0.1, -0.05) is 12.2 Å². The van der Waals surface area contributed by atoms with Gasteiger partial charge in [0, 0.05) is 6.07 Å². The van der Waals surface area contributed by atoms with Crippen LogP contribution in [-0.4, -0.2) is 12.2 Å². The number of phenols is 1. The fourth-order valence-electron chi connectivity index (χ4n) is 1.01. The summed E-state index contributed by atoms with van der Waals surface area (Å²) in [6.45, 7) is 1.93. The summed E-state index contributed by atoms with van der Waals surface area (Å²) in [7, 11) is 1.58. The minimum Gasteiger partial charge on any atom is -0.508 e. The highest BCUT2D eigenvalue weighted by Gasteiger charge is 1.96. The zero-order valence-electron chi connectivity index (χ0n) is 7.24. The van der Waals surface area contributed by atoms with Crippen LogP contribution in [0.4, 0.5) is 0 Å². The molecule has 0 heterocycles. The van der Waals surface area contributed by atoms with Crippen LogP contribution in [0.5, 0.6) is 11.5 Å². The third-order valence-corrected chi connectivity index (χ3v) is 1.51. The van der Waals surface area contributed by atoms with Crippen molar-refractivity contribution >= 4 is 6.08 Å². The van der Waals surface area contributed by atoms with Crippen LogP contribution in [0.1, 0.15) is 12.5 Å². The van der Waals surface area contributed by atoms with Gasteiger partial charge in [0.05, 0.1) is 7.11 Å². The molecule has 64 valence electrons. The first-order valence-corrected chi connectivity index (χ1v) is 3.77. The fourth-order valence-corrected chi connectivity index (χ4v) is 1.01. The van der Waals surface area contributed by atoms with Crippen LogP contribution in [0.3, 0.4) is 0 Å².